The monoisotopic (exact) mass is 414 g/mol. The van der Waals surface area contributed by atoms with Crippen LogP contribution in [0.15, 0.2) is 47.2 Å². The number of benzene rings is 1. The number of aryl methyl sites for hydroxylation is 2. The second kappa shape index (κ2) is 10.1. The van der Waals surface area contributed by atoms with Crippen LogP contribution in [0.4, 0.5) is 0 Å². The van der Waals surface area contributed by atoms with Gasteiger partial charge in [0.2, 0.25) is 5.91 Å². The molecule has 0 saturated carbocycles. The minimum Gasteiger partial charge on any atom is -0.464 e. The summed E-state index contributed by atoms with van der Waals surface area (Å²) in [5, 5.41) is 7.57. The predicted molar refractivity (Wildman–Crippen MR) is 113 cm³/mol. The molecule has 0 fully saturated rings. The highest BCUT2D eigenvalue weighted by molar-refractivity contribution is 7.20. The molecule has 5 nitrogen and oxygen atoms in total. The molecule has 146 valence electrons. The van der Waals surface area contributed by atoms with Gasteiger partial charge in [-0.05, 0) is 30.4 Å². The number of nitrogens with one attached hydrogen (secondary N) is 1. The molecule has 0 bridgehead atoms. The predicted octanol–water partition coefficient (Wildman–Crippen LogP) is 4.01. The quantitative estimate of drug-likeness (QED) is 0.424. The van der Waals surface area contributed by atoms with E-state index in [1.165, 1.54) is 16.9 Å². The molecule has 0 aliphatic heterocycles. The van der Waals surface area contributed by atoms with Crippen molar-refractivity contribution in [3.63, 3.8) is 0 Å². The molecule has 0 atom stereocenters. The van der Waals surface area contributed by atoms with Crippen molar-refractivity contribution < 1.29 is 14.3 Å². The van der Waals surface area contributed by atoms with Crippen molar-refractivity contribution in [1.82, 2.24) is 10.3 Å². The van der Waals surface area contributed by atoms with Crippen molar-refractivity contribution in [2.75, 3.05) is 13.2 Å². The summed E-state index contributed by atoms with van der Waals surface area (Å²) in [7, 11) is 0. The zero-order valence-corrected chi connectivity index (χ0v) is 17.3. The molecule has 0 aliphatic rings. The number of hydrogen-bond acceptors (Lipinski definition) is 6. The maximum atomic E-state index is 11.9. The van der Waals surface area contributed by atoms with E-state index >= 15 is 0 Å². The Morgan fingerprint density at radius 2 is 1.96 bits per heavy atom. The van der Waals surface area contributed by atoms with Crippen molar-refractivity contribution >= 4 is 34.6 Å². The van der Waals surface area contributed by atoms with E-state index in [-0.39, 0.29) is 24.9 Å². The van der Waals surface area contributed by atoms with Gasteiger partial charge in [-0.15, -0.1) is 22.7 Å². The summed E-state index contributed by atoms with van der Waals surface area (Å²) >= 11 is 3.14. The molecular formula is C21H22N2O3S2. The fourth-order valence-corrected chi connectivity index (χ4v) is 4.19. The van der Waals surface area contributed by atoms with E-state index in [0.717, 1.165) is 15.4 Å². The van der Waals surface area contributed by atoms with Crippen LogP contribution in [0.2, 0.25) is 0 Å². The molecular weight excluding hydrogens is 392 g/mol. The van der Waals surface area contributed by atoms with Gasteiger partial charge < -0.3 is 10.1 Å². The van der Waals surface area contributed by atoms with E-state index in [1.54, 1.807) is 11.3 Å². The third-order valence-corrected chi connectivity index (χ3v) is 5.99. The molecule has 2 heterocycles. The molecule has 1 aromatic carbocycles. The van der Waals surface area contributed by atoms with Gasteiger partial charge in [0.05, 0.1) is 23.5 Å². The van der Waals surface area contributed by atoms with Gasteiger partial charge in [0.25, 0.3) is 0 Å². The first kappa shape index (κ1) is 20.2. The number of nitrogens with zero attached hydrogens (tertiary/aromatic N) is 1. The van der Waals surface area contributed by atoms with E-state index in [4.69, 9.17) is 4.74 Å². The third kappa shape index (κ3) is 6.28. The van der Waals surface area contributed by atoms with E-state index in [1.807, 2.05) is 54.1 Å². The van der Waals surface area contributed by atoms with Gasteiger partial charge in [-0.25, -0.2) is 4.98 Å². The summed E-state index contributed by atoms with van der Waals surface area (Å²) in [5.41, 5.74) is 3.05. The number of rotatable bonds is 9. The van der Waals surface area contributed by atoms with Crippen LogP contribution in [-0.2, 0) is 27.2 Å². The van der Waals surface area contributed by atoms with Crippen LogP contribution in [0, 0.1) is 6.92 Å². The SMILES string of the molecule is Cc1ccc(CCC(=O)NCCOC(=O)Cc2csc(-c3cccs3)n2)cc1. The smallest absolute Gasteiger partial charge is 0.311 e. The molecule has 0 unspecified atom stereocenters. The van der Waals surface area contributed by atoms with Gasteiger partial charge in [-0.1, -0.05) is 35.9 Å². The van der Waals surface area contributed by atoms with Crippen LogP contribution in [0.25, 0.3) is 9.88 Å². The standard InChI is InChI=1S/C21H22N2O3S2/c1-15-4-6-16(7-5-15)8-9-19(24)22-10-11-26-20(25)13-17-14-28-21(23-17)18-3-2-12-27-18/h2-7,12,14H,8-11,13H2,1H3,(H,22,24). The molecule has 0 saturated heterocycles. The van der Waals surface area contributed by atoms with Crippen LogP contribution >= 0.6 is 22.7 Å². The van der Waals surface area contributed by atoms with Crippen LogP contribution in [-0.4, -0.2) is 30.0 Å². The molecule has 1 amide bonds. The van der Waals surface area contributed by atoms with Crippen molar-refractivity contribution in [2.45, 2.75) is 26.2 Å². The molecule has 3 aromatic rings. The van der Waals surface area contributed by atoms with Gasteiger partial charge in [-0.2, -0.15) is 0 Å². The first-order valence-electron chi connectivity index (χ1n) is 9.06. The van der Waals surface area contributed by atoms with Gasteiger partial charge in [0, 0.05) is 11.8 Å². The molecule has 7 heteroatoms. The van der Waals surface area contributed by atoms with E-state index in [9.17, 15) is 9.59 Å². The fraction of sp³-hybridized carbons (Fsp3) is 0.286. The summed E-state index contributed by atoms with van der Waals surface area (Å²) in [6.45, 7) is 2.52. The first-order valence-corrected chi connectivity index (χ1v) is 10.8. The number of amides is 1. The number of carbonyl (C=O) groups excluding carboxylic acids is 2. The van der Waals surface area contributed by atoms with Crippen molar-refractivity contribution in [3.05, 3.63) is 64.0 Å². The van der Waals surface area contributed by atoms with Crippen LogP contribution < -0.4 is 5.32 Å². The highest BCUT2D eigenvalue weighted by Crippen LogP contribution is 2.27. The van der Waals surface area contributed by atoms with Crippen LogP contribution in [0.5, 0.6) is 0 Å². The molecule has 0 aliphatic carbocycles. The summed E-state index contributed by atoms with van der Waals surface area (Å²) in [6, 6.07) is 12.1. The number of hydrogen-bond donors (Lipinski definition) is 1. The fourth-order valence-electron chi connectivity index (χ4n) is 2.56. The Bertz CT molecular complexity index is 902. The lowest BCUT2D eigenvalue weighted by Crippen LogP contribution is -2.28. The van der Waals surface area contributed by atoms with E-state index in [0.29, 0.717) is 25.1 Å². The average Bonchev–Trinajstić information content (AvgIpc) is 3.36. The van der Waals surface area contributed by atoms with Crippen LogP contribution in [0.3, 0.4) is 0 Å². The maximum absolute atomic E-state index is 11.9. The lowest BCUT2D eigenvalue weighted by atomic mass is 10.1. The van der Waals surface area contributed by atoms with Crippen molar-refractivity contribution in [3.8, 4) is 9.88 Å². The van der Waals surface area contributed by atoms with Gasteiger partial charge in [0.15, 0.2) is 0 Å². The van der Waals surface area contributed by atoms with Gasteiger partial charge >= 0.3 is 5.97 Å². The lowest BCUT2D eigenvalue weighted by Gasteiger charge is -2.07. The maximum Gasteiger partial charge on any atom is 0.311 e. The number of aromatic nitrogens is 1. The summed E-state index contributed by atoms with van der Waals surface area (Å²) in [5.74, 6) is -0.381. The molecule has 0 spiro atoms. The van der Waals surface area contributed by atoms with Crippen LogP contribution in [0.1, 0.15) is 23.2 Å². The number of carbonyl (C=O) groups is 2. The minimum atomic E-state index is -0.336. The topological polar surface area (TPSA) is 68.3 Å². The molecule has 1 N–H and O–H groups in total. The summed E-state index contributed by atoms with van der Waals surface area (Å²) < 4.78 is 5.19. The summed E-state index contributed by atoms with van der Waals surface area (Å²) in [4.78, 5) is 29.4. The third-order valence-electron chi connectivity index (χ3n) is 4.06. The summed E-state index contributed by atoms with van der Waals surface area (Å²) in [6.07, 6.45) is 1.26. The Morgan fingerprint density at radius 1 is 1.14 bits per heavy atom. The number of thiazole rings is 1. The average molecular weight is 415 g/mol. The first-order chi connectivity index (χ1) is 13.6. The number of ether oxygens (including phenoxy) is 1. The van der Waals surface area contributed by atoms with Crippen molar-refractivity contribution in [2.24, 2.45) is 0 Å². The minimum absolute atomic E-state index is 0.0447. The zero-order chi connectivity index (χ0) is 19.8. The molecule has 28 heavy (non-hydrogen) atoms. The number of thiophene rings is 1. The van der Waals surface area contributed by atoms with Gasteiger partial charge in [0.1, 0.15) is 11.6 Å². The van der Waals surface area contributed by atoms with Crippen molar-refractivity contribution in [1.29, 1.82) is 0 Å². The van der Waals surface area contributed by atoms with Gasteiger partial charge in [-0.3, -0.25) is 9.59 Å². The lowest BCUT2D eigenvalue weighted by molar-refractivity contribution is -0.143. The Labute approximate surface area is 172 Å². The van der Waals surface area contributed by atoms with E-state index in [2.05, 4.69) is 10.3 Å². The second-order valence-electron chi connectivity index (χ2n) is 6.35. The Balaban J connectivity index is 1.31. The van der Waals surface area contributed by atoms with E-state index < -0.39 is 0 Å². The zero-order valence-electron chi connectivity index (χ0n) is 15.6. The second-order valence-corrected chi connectivity index (χ2v) is 8.16. The molecule has 3 rings (SSSR count). The normalized spacial score (nSPS) is 10.6. The molecule has 0 radical (unpaired) electrons. The largest absolute Gasteiger partial charge is 0.464 e. The Kier molecular flexibility index (Phi) is 7.33. The highest BCUT2D eigenvalue weighted by Gasteiger charge is 2.11. The highest BCUT2D eigenvalue weighted by atomic mass is 32.1. The Morgan fingerprint density at radius 3 is 2.71 bits per heavy atom. The number of esters is 1. The molecule has 2 aromatic heterocycles. The Hall–Kier alpha value is -2.51.